The van der Waals surface area contributed by atoms with Crippen LogP contribution in [0.5, 0.6) is 0 Å². The number of fused-ring (bicyclic) bond motifs is 1. The zero-order valence-corrected chi connectivity index (χ0v) is 16.9. The quantitative estimate of drug-likeness (QED) is 0.511. The number of carboxylic acid groups (broad SMARTS) is 1. The van der Waals surface area contributed by atoms with Crippen LogP contribution in [0.2, 0.25) is 0 Å². The van der Waals surface area contributed by atoms with Gasteiger partial charge in [-0.3, -0.25) is 4.90 Å². The summed E-state index contributed by atoms with van der Waals surface area (Å²) in [7, 11) is 0. The Labute approximate surface area is 178 Å². The maximum atomic E-state index is 11.1. The summed E-state index contributed by atoms with van der Waals surface area (Å²) < 4.78 is 5.68. The Bertz CT molecular complexity index is 1210. The summed E-state index contributed by atoms with van der Waals surface area (Å²) in [5.74, 6) is 0.180. The van der Waals surface area contributed by atoms with Crippen LogP contribution >= 0.6 is 0 Å². The van der Waals surface area contributed by atoms with Crippen LogP contribution in [0.25, 0.3) is 11.4 Å². The Balaban J connectivity index is 1.43. The standard InChI is InChI=1S/C23H21N5O3/c1-14-2-6-16(7-3-14)21-26-22(31-27-21)20-10-18-19(25-13-24-18)12-28(20)11-15-4-8-17(9-5-15)23(29)30/h2-9,13,20H,10-12H2,1H3,(H,24,25)(H,29,30). The van der Waals surface area contributed by atoms with E-state index in [4.69, 9.17) is 9.63 Å². The lowest BCUT2D eigenvalue weighted by Crippen LogP contribution is -2.34. The Morgan fingerprint density at radius 1 is 1.19 bits per heavy atom. The van der Waals surface area contributed by atoms with Gasteiger partial charge in [0.25, 0.3) is 0 Å². The zero-order valence-electron chi connectivity index (χ0n) is 16.9. The molecule has 1 aliphatic heterocycles. The van der Waals surface area contributed by atoms with E-state index in [1.807, 2.05) is 43.3 Å². The minimum Gasteiger partial charge on any atom is -0.478 e. The van der Waals surface area contributed by atoms with Crippen LogP contribution in [0.4, 0.5) is 0 Å². The first-order valence-corrected chi connectivity index (χ1v) is 10.0. The van der Waals surface area contributed by atoms with E-state index in [9.17, 15) is 4.79 Å². The van der Waals surface area contributed by atoms with Crippen molar-refractivity contribution in [2.75, 3.05) is 0 Å². The first kappa shape index (κ1) is 19.2. The molecule has 2 N–H and O–H groups in total. The minimum absolute atomic E-state index is 0.123. The van der Waals surface area contributed by atoms with Gasteiger partial charge >= 0.3 is 5.97 Å². The number of H-pyrrole nitrogens is 1. The molecular formula is C23H21N5O3. The number of rotatable bonds is 5. The second kappa shape index (κ2) is 7.81. The van der Waals surface area contributed by atoms with E-state index in [2.05, 4.69) is 25.0 Å². The van der Waals surface area contributed by atoms with Crippen molar-refractivity contribution in [3.8, 4) is 11.4 Å². The maximum absolute atomic E-state index is 11.1. The van der Waals surface area contributed by atoms with Crippen LogP contribution in [0, 0.1) is 6.92 Å². The van der Waals surface area contributed by atoms with Gasteiger partial charge in [-0.15, -0.1) is 0 Å². The number of hydrogen-bond donors (Lipinski definition) is 2. The number of nitrogens with one attached hydrogen (secondary N) is 1. The molecule has 1 unspecified atom stereocenters. The fourth-order valence-electron chi connectivity index (χ4n) is 3.87. The molecule has 0 radical (unpaired) electrons. The van der Waals surface area contributed by atoms with E-state index in [1.165, 1.54) is 5.56 Å². The molecule has 0 aliphatic carbocycles. The summed E-state index contributed by atoms with van der Waals surface area (Å²) in [4.78, 5) is 25.7. The number of imidazole rings is 1. The van der Waals surface area contributed by atoms with E-state index in [1.54, 1.807) is 18.5 Å². The monoisotopic (exact) mass is 415 g/mol. The Kier molecular flexibility index (Phi) is 4.83. The molecule has 1 aliphatic rings. The van der Waals surface area contributed by atoms with Gasteiger partial charge in [-0.05, 0) is 24.6 Å². The number of nitrogens with zero attached hydrogens (tertiary/aromatic N) is 4. The van der Waals surface area contributed by atoms with Crippen molar-refractivity contribution in [1.82, 2.24) is 25.0 Å². The fraction of sp³-hybridized carbons (Fsp3) is 0.217. The van der Waals surface area contributed by atoms with Crippen LogP contribution in [0.1, 0.15) is 44.8 Å². The Morgan fingerprint density at radius 3 is 2.71 bits per heavy atom. The first-order chi connectivity index (χ1) is 15.1. The predicted octanol–water partition coefficient (Wildman–Crippen LogP) is 3.77. The Morgan fingerprint density at radius 2 is 1.97 bits per heavy atom. The van der Waals surface area contributed by atoms with Gasteiger partial charge in [-0.25, -0.2) is 9.78 Å². The number of aromatic amines is 1. The van der Waals surface area contributed by atoms with E-state index in [0.717, 1.165) is 22.5 Å². The van der Waals surface area contributed by atoms with E-state index < -0.39 is 5.97 Å². The SMILES string of the molecule is Cc1ccc(-c2noc(C3Cc4nc[nH]c4CN3Cc3ccc(C(=O)O)cc3)n2)cc1. The first-order valence-electron chi connectivity index (χ1n) is 10.0. The third-order valence-electron chi connectivity index (χ3n) is 5.62. The van der Waals surface area contributed by atoms with Crippen LogP contribution in [-0.2, 0) is 19.5 Å². The molecule has 3 heterocycles. The molecule has 0 amide bonds. The van der Waals surface area contributed by atoms with Gasteiger partial charge in [0.05, 0.1) is 29.3 Å². The maximum Gasteiger partial charge on any atom is 0.335 e. The van der Waals surface area contributed by atoms with Crippen LogP contribution in [-0.4, -0.2) is 36.1 Å². The number of hydrogen-bond acceptors (Lipinski definition) is 6. The summed E-state index contributed by atoms with van der Waals surface area (Å²) in [5, 5.41) is 13.3. The van der Waals surface area contributed by atoms with Gasteiger partial charge in [0.15, 0.2) is 0 Å². The molecule has 0 bridgehead atoms. The molecule has 8 nitrogen and oxygen atoms in total. The highest BCUT2D eigenvalue weighted by Crippen LogP contribution is 2.33. The van der Waals surface area contributed by atoms with E-state index in [-0.39, 0.29) is 11.6 Å². The summed E-state index contributed by atoms with van der Waals surface area (Å²) >= 11 is 0. The predicted molar refractivity (Wildman–Crippen MR) is 112 cm³/mol. The van der Waals surface area contributed by atoms with Crippen molar-refractivity contribution in [2.45, 2.75) is 32.5 Å². The van der Waals surface area contributed by atoms with Gasteiger partial charge in [-0.2, -0.15) is 4.98 Å². The van der Waals surface area contributed by atoms with Gasteiger partial charge in [0.2, 0.25) is 11.7 Å². The molecule has 2 aromatic carbocycles. The summed E-state index contributed by atoms with van der Waals surface area (Å²) in [6.45, 7) is 3.31. The third kappa shape index (κ3) is 3.85. The highest BCUT2D eigenvalue weighted by atomic mass is 16.5. The molecule has 5 rings (SSSR count). The Hall–Kier alpha value is -3.78. The molecule has 156 valence electrons. The molecule has 31 heavy (non-hydrogen) atoms. The summed E-state index contributed by atoms with van der Waals surface area (Å²) in [6.07, 6.45) is 2.36. The number of carboxylic acids is 1. The van der Waals surface area contributed by atoms with Crippen molar-refractivity contribution in [2.24, 2.45) is 0 Å². The van der Waals surface area contributed by atoms with Gasteiger partial charge in [-0.1, -0.05) is 47.1 Å². The number of carbonyl (C=O) groups is 1. The average Bonchev–Trinajstić information content (AvgIpc) is 3.43. The summed E-state index contributed by atoms with van der Waals surface area (Å²) in [6, 6.07) is 14.8. The van der Waals surface area contributed by atoms with Gasteiger partial charge < -0.3 is 14.6 Å². The molecule has 2 aromatic heterocycles. The largest absolute Gasteiger partial charge is 0.478 e. The molecule has 1 atom stereocenters. The summed E-state index contributed by atoms with van der Waals surface area (Å²) in [5.41, 5.74) is 5.43. The van der Waals surface area contributed by atoms with E-state index in [0.29, 0.717) is 31.2 Å². The third-order valence-corrected chi connectivity index (χ3v) is 5.62. The molecular weight excluding hydrogens is 394 g/mol. The minimum atomic E-state index is -0.931. The average molecular weight is 415 g/mol. The van der Waals surface area contributed by atoms with Crippen molar-refractivity contribution in [1.29, 1.82) is 0 Å². The fourth-order valence-corrected chi connectivity index (χ4v) is 3.87. The molecule has 0 saturated carbocycles. The number of aromatic carboxylic acids is 1. The second-order valence-electron chi connectivity index (χ2n) is 7.78. The number of aromatic nitrogens is 4. The lowest BCUT2D eigenvalue weighted by atomic mass is 10.0. The second-order valence-corrected chi connectivity index (χ2v) is 7.78. The molecule has 8 heteroatoms. The smallest absolute Gasteiger partial charge is 0.335 e. The lowest BCUT2D eigenvalue weighted by molar-refractivity contribution is 0.0697. The van der Waals surface area contributed by atoms with E-state index >= 15 is 0 Å². The van der Waals surface area contributed by atoms with Crippen molar-refractivity contribution in [3.63, 3.8) is 0 Å². The van der Waals surface area contributed by atoms with Gasteiger partial charge in [0.1, 0.15) is 0 Å². The molecule has 0 spiro atoms. The lowest BCUT2D eigenvalue weighted by Gasteiger charge is -2.32. The highest BCUT2D eigenvalue weighted by Gasteiger charge is 2.33. The van der Waals surface area contributed by atoms with Crippen molar-refractivity contribution in [3.05, 3.63) is 88.8 Å². The van der Waals surface area contributed by atoms with Crippen LogP contribution in [0.3, 0.4) is 0 Å². The number of aryl methyl sites for hydroxylation is 1. The molecule has 4 aromatic rings. The van der Waals surface area contributed by atoms with Crippen LogP contribution in [0.15, 0.2) is 59.4 Å². The molecule has 0 saturated heterocycles. The zero-order chi connectivity index (χ0) is 21.4. The van der Waals surface area contributed by atoms with Crippen LogP contribution < -0.4 is 0 Å². The topological polar surface area (TPSA) is 108 Å². The molecule has 0 fully saturated rings. The van der Waals surface area contributed by atoms with Crippen molar-refractivity contribution >= 4 is 5.97 Å². The van der Waals surface area contributed by atoms with Gasteiger partial charge in [0, 0.05) is 25.1 Å². The number of benzene rings is 2. The normalized spacial score (nSPS) is 16.2. The highest BCUT2D eigenvalue weighted by molar-refractivity contribution is 5.87. The van der Waals surface area contributed by atoms with Crippen molar-refractivity contribution < 1.29 is 14.4 Å².